The molecule has 0 saturated carbocycles. The lowest BCUT2D eigenvalue weighted by molar-refractivity contribution is 0.556. The van der Waals surface area contributed by atoms with Crippen LogP contribution in [0.25, 0.3) is 0 Å². The van der Waals surface area contributed by atoms with Crippen molar-refractivity contribution < 1.29 is 12.8 Å². The molecule has 1 unspecified atom stereocenters. The smallest absolute Gasteiger partial charge is 0.207 e. The van der Waals surface area contributed by atoms with E-state index in [1.54, 1.807) is 25.6 Å². The zero-order valence-electron chi connectivity index (χ0n) is 11.7. The number of nitrogens with one attached hydrogen (secondary N) is 1. The molecule has 0 radical (unpaired) electrons. The lowest BCUT2D eigenvalue weighted by Crippen LogP contribution is -2.36. The Morgan fingerprint density at radius 2 is 1.84 bits per heavy atom. The van der Waals surface area contributed by atoms with Gasteiger partial charge in [-0.2, -0.15) is 11.8 Å². The van der Waals surface area contributed by atoms with Crippen molar-refractivity contribution in [1.29, 1.82) is 0 Å². The molecule has 1 atom stereocenters. The first kappa shape index (κ1) is 16.5. The highest BCUT2D eigenvalue weighted by molar-refractivity contribution is 7.98. The third-order valence-electron chi connectivity index (χ3n) is 2.88. The molecule has 19 heavy (non-hydrogen) atoms. The second kappa shape index (κ2) is 6.72. The van der Waals surface area contributed by atoms with Crippen LogP contribution in [0, 0.1) is 19.7 Å². The quantitative estimate of drug-likeness (QED) is 0.879. The highest BCUT2D eigenvalue weighted by atomic mass is 32.2. The minimum Gasteiger partial charge on any atom is -0.207 e. The average Bonchev–Trinajstić information content (AvgIpc) is 2.25. The molecule has 1 aromatic rings. The maximum Gasteiger partial charge on any atom is 0.241 e. The molecule has 0 heterocycles. The predicted octanol–water partition coefficient (Wildman–Crippen LogP) is 2.86. The third kappa shape index (κ3) is 4.19. The number of halogens is 1. The van der Waals surface area contributed by atoms with E-state index in [4.69, 9.17) is 0 Å². The topological polar surface area (TPSA) is 46.2 Å². The van der Waals surface area contributed by atoms with Crippen LogP contribution in [0.1, 0.15) is 24.5 Å². The summed E-state index contributed by atoms with van der Waals surface area (Å²) in [5.41, 5.74) is 0.869. The number of rotatable bonds is 6. The van der Waals surface area contributed by atoms with E-state index in [9.17, 15) is 12.8 Å². The summed E-state index contributed by atoms with van der Waals surface area (Å²) in [6.45, 7) is 5.16. The summed E-state index contributed by atoms with van der Waals surface area (Å²) in [4.78, 5) is 0.188. The van der Waals surface area contributed by atoms with Crippen molar-refractivity contribution in [3.63, 3.8) is 0 Å². The van der Waals surface area contributed by atoms with Crippen LogP contribution in [0.3, 0.4) is 0 Å². The summed E-state index contributed by atoms with van der Waals surface area (Å²) in [6, 6.07) is 2.39. The first-order valence-electron chi connectivity index (χ1n) is 6.09. The summed E-state index contributed by atoms with van der Waals surface area (Å²) in [5.74, 6) is 0.305. The summed E-state index contributed by atoms with van der Waals surface area (Å²) >= 11 is 1.59. The molecule has 0 fully saturated rings. The van der Waals surface area contributed by atoms with Gasteiger partial charge in [-0.3, -0.25) is 0 Å². The SMILES string of the molecule is CCC(CSC)NS(=O)(=O)c1c(C)cc(F)cc1C. The van der Waals surface area contributed by atoms with E-state index in [-0.39, 0.29) is 10.9 Å². The van der Waals surface area contributed by atoms with Gasteiger partial charge in [0.25, 0.3) is 0 Å². The van der Waals surface area contributed by atoms with Crippen molar-refractivity contribution in [2.24, 2.45) is 0 Å². The van der Waals surface area contributed by atoms with Gasteiger partial charge in [-0.25, -0.2) is 17.5 Å². The molecule has 0 aromatic heterocycles. The maximum atomic E-state index is 13.2. The molecule has 0 aliphatic carbocycles. The molecule has 0 amide bonds. The molecule has 0 spiro atoms. The fourth-order valence-corrected chi connectivity index (χ4v) is 4.64. The normalized spacial score (nSPS) is 13.5. The first-order chi connectivity index (χ1) is 8.81. The van der Waals surface area contributed by atoms with Gasteiger partial charge < -0.3 is 0 Å². The van der Waals surface area contributed by atoms with Gasteiger partial charge in [0, 0.05) is 11.8 Å². The van der Waals surface area contributed by atoms with E-state index >= 15 is 0 Å². The molecule has 108 valence electrons. The summed E-state index contributed by atoms with van der Waals surface area (Å²) in [6.07, 6.45) is 2.66. The van der Waals surface area contributed by atoms with Crippen LogP contribution in [0.15, 0.2) is 17.0 Å². The molecule has 1 rings (SSSR count). The van der Waals surface area contributed by atoms with Gasteiger partial charge in [0.15, 0.2) is 0 Å². The fraction of sp³-hybridized carbons (Fsp3) is 0.538. The minimum atomic E-state index is -3.60. The Kier molecular flexibility index (Phi) is 5.82. The van der Waals surface area contributed by atoms with Gasteiger partial charge in [0.2, 0.25) is 10.0 Å². The second-order valence-electron chi connectivity index (χ2n) is 4.55. The number of hydrogen-bond donors (Lipinski definition) is 1. The van der Waals surface area contributed by atoms with Gasteiger partial charge in [-0.15, -0.1) is 0 Å². The summed E-state index contributed by atoms with van der Waals surface area (Å²) in [5, 5.41) is 0. The van der Waals surface area contributed by atoms with Crippen LogP contribution in [-0.2, 0) is 10.0 Å². The molecule has 1 N–H and O–H groups in total. The van der Waals surface area contributed by atoms with Crippen LogP contribution >= 0.6 is 11.8 Å². The monoisotopic (exact) mass is 305 g/mol. The van der Waals surface area contributed by atoms with Crippen molar-refractivity contribution in [3.05, 3.63) is 29.1 Å². The minimum absolute atomic E-state index is 0.108. The van der Waals surface area contributed by atoms with Gasteiger partial charge in [0.1, 0.15) is 5.82 Å². The van der Waals surface area contributed by atoms with E-state index in [1.165, 1.54) is 12.1 Å². The Morgan fingerprint density at radius 1 is 1.32 bits per heavy atom. The standard InChI is InChI=1S/C13H20FNO2S2/c1-5-12(8-18-4)15-19(16,17)13-9(2)6-11(14)7-10(13)3/h6-7,12,15H,5,8H2,1-4H3. The largest absolute Gasteiger partial charge is 0.241 e. The molecular formula is C13H20FNO2S2. The Hall–Kier alpha value is -0.590. The highest BCUT2D eigenvalue weighted by Crippen LogP contribution is 2.22. The van der Waals surface area contributed by atoms with Gasteiger partial charge >= 0.3 is 0 Å². The van der Waals surface area contributed by atoms with E-state index in [1.807, 2.05) is 13.2 Å². The lowest BCUT2D eigenvalue weighted by Gasteiger charge is -2.18. The number of sulfonamides is 1. The molecule has 1 aromatic carbocycles. The second-order valence-corrected chi connectivity index (χ2v) is 7.11. The van der Waals surface area contributed by atoms with Crippen LogP contribution in [0.4, 0.5) is 4.39 Å². The van der Waals surface area contributed by atoms with E-state index in [0.29, 0.717) is 11.1 Å². The molecular weight excluding hydrogens is 285 g/mol. The maximum absolute atomic E-state index is 13.2. The van der Waals surface area contributed by atoms with E-state index in [2.05, 4.69) is 4.72 Å². The van der Waals surface area contributed by atoms with Gasteiger partial charge in [0.05, 0.1) is 4.90 Å². The zero-order valence-corrected chi connectivity index (χ0v) is 13.3. The number of aryl methyl sites for hydroxylation is 2. The third-order valence-corrected chi connectivity index (χ3v) is 5.44. The zero-order chi connectivity index (χ0) is 14.6. The molecule has 0 aliphatic rings. The van der Waals surface area contributed by atoms with Crippen molar-refractivity contribution in [1.82, 2.24) is 4.72 Å². The Bertz CT molecular complexity index is 521. The molecule has 6 heteroatoms. The molecule has 0 aliphatic heterocycles. The Balaban J connectivity index is 3.14. The van der Waals surface area contributed by atoms with Crippen LogP contribution in [0.5, 0.6) is 0 Å². The summed E-state index contributed by atoms with van der Waals surface area (Å²) < 4.78 is 40.7. The molecule has 0 bridgehead atoms. The lowest BCUT2D eigenvalue weighted by atomic mass is 10.1. The van der Waals surface area contributed by atoms with Crippen molar-refractivity contribution in [3.8, 4) is 0 Å². The predicted molar refractivity (Wildman–Crippen MR) is 78.7 cm³/mol. The number of hydrogen-bond acceptors (Lipinski definition) is 3. The Morgan fingerprint density at radius 3 is 2.26 bits per heavy atom. The fourth-order valence-electron chi connectivity index (χ4n) is 2.04. The van der Waals surface area contributed by atoms with Gasteiger partial charge in [-0.1, -0.05) is 6.92 Å². The van der Waals surface area contributed by atoms with Crippen LogP contribution in [0.2, 0.25) is 0 Å². The number of benzene rings is 1. The van der Waals surface area contributed by atoms with E-state index < -0.39 is 15.8 Å². The van der Waals surface area contributed by atoms with Crippen molar-refractivity contribution >= 4 is 21.8 Å². The van der Waals surface area contributed by atoms with Crippen molar-refractivity contribution in [2.75, 3.05) is 12.0 Å². The highest BCUT2D eigenvalue weighted by Gasteiger charge is 2.23. The Labute approximate surface area is 119 Å². The average molecular weight is 305 g/mol. The van der Waals surface area contributed by atoms with Gasteiger partial charge in [-0.05, 0) is 49.8 Å². The van der Waals surface area contributed by atoms with Crippen LogP contribution < -0.4 is 4.72 Å². The van der Waals surface area contributed by atoms with Crippen LogP contribution in [-0.4, -0.2) is 26.5 Å². The summed E-state index contributed by atoms with van der Waals surface area (Å²) in [7, 11) is -3.60. The van der Waals surface area contributed by atoms with E-state index in [0.717, 1.165) is 12.2 Å². The molecule has 0 saturated heterocycles. The number of thioether (sulfide) groups is 1. The molecule has 3 nitrogen and oxygen atoms in total. The van der Waals surface area contributed by atoms with Crippen molar-refractivity contribution in [2.45, 2.75) is 38.1 Å². The first-order valence-corrected chi connectivity index (χ1v) is 8.97.